The molecule has 0 radical (unpaired) electrons. The van der Waals surface area contributed by atoms with Crippen molar-refractivity contribution in [1.29, 1.82) is 0 Å². The van der Waals surface area contributed by atoms with Crippen LogP contribution in [0.2, 0.25) is 0 Å². The number of pyridine rings is 1. The second-order valence-corrected chi connectivity index (χ2v) is 6.99. The van der Waals surface area contributed by atoms with Crippen molar-refractivity contribution in [2.45, 2.75) is 32.2 Å². The third-order valence-corrected chi connectivity index (χ3v) is 4.69. The number of rotatable bonds is 6. The number of furan rings is 1. The second kappa shape index (κ2) is 7.01. The van der Waals surface area contributed by atoms with Gasteiger partial charge in [-0.15, -0.1) is 10.2 Å². The number of carbonyl (C=O) groups excluding carboxylic acids is 1. The molecule has 9 nitrogen and oxygen atoms in total. The van der Waals surface area contributed by atoms with Gasteiger partial charge in [0.15, 0.2) is 17.3 Å². The van der Waals surface area contributed by atoms with Gasteiger partial charge in [-0.05, 0) is 50.1 Å². The van der Waals surface area contributed by atoms with Crippen molar-refractivity contribution in [3.05, 3.63) is 59.7 Å². The van der Waals surface area contributed by atoms with Gasteiger partial charge in [0.1, 0.15) is 11.5 Å². The summed E-state index contributed by atoms with van der Waals surface area (Å²) in [6.45, 7) is 2.09. The monoisotopic (exact) mass is 390 g/mol. The molecule has 1 aliphatic rings. The third kappa shape index (κ3) is 3.66. The average Bonchev–Trinajstić information content (AvgIpc) is 3.14. The summed E-state index contributed by atoms with van der Waals surface area (Å²) in [5, 5.41) is 15.2. The molecule has 4 aromatic rings. The molecule has 146 valence electrons. The molecular weight excluding hydrogens is 372 g/mol. The molecule has 29 heavy (non-hydrogen) atoms. The van der Waals surface area contributed by atoms with Crippen LogP contribution in [0.3, 0.4) is 0 Å². The van der Waals surface area contributed by atoms with Crippen LogP contribution in [0.15, 0.2) is 45.5 Å². The zero-order valence-corrected chi connectivity index (χ0v) is 15.7. The first-order chi connectivity index (χ1) is 14.2. The molecule has 0 aromatic carbocycles. The van der Waals surface area contributed by atoms with Gasteiger partial charge in [0.25, 0.3) is 5.89 Å². The molecule has 0 saturated heterocycles. The van der Waals surface area contributed by atoms with Crippen molar-refractivity contribution < 1.29 is 13.7 Å². The number of carbonyl (C=O) groups is 1. The van der Waals surface area contributed by atoms with E-state index >= 15 is 0 Å². The minimum absolute atomic E-state index is 0.243. The molecule has 4 aromatic heterocycles. The summed E-state index contributed by atoms with van der Waals surface area (Å²) in [4.78, 5) is 16.5. The predicted molar refractivity (Wildman–Crippen MR) is 103 cm³/mol. The van der Waals surface area contributed by atoms with E-state index in [0.29, 0.717) is 29.0 Å². The van der Waals surface area contributed by atoms with Gasteiger partial charge in [-0.1, -0.05) is 5.16 Å². The first-order valence-electron chi connectivity index (χ1n) is 9.36. The van der Waals surface area contributed by atoms with E-state index in [9.17, 15) is 4.79 Å². The summed E-state index contributed by atoms with van der Waals surface area (Å²) in [6, 6.07) is 7.35. The Labute approximate surface area is 165 Å². The Kier molecular flexibility index (Phi) is 4.19. The minimum atomic E-state index is -0.245. The molecule has 1 aliphatic carbocycles. The van der Waals surface area contributed by atoms with Gasteiger partial charge in [-0.25, -0.2) is 0 Å². The second-order valence-electron chi connectivity index (χ2n) is 6.99. The summed E-state index contributed by atoms with van der Waals surface area (Å²) >= 11 is 0. The van der Waals surface area contributed by atoms with Crippen molar-refractivity contribution in [3.63, 3.8) is 0 Å². The van der Waals surface area contributed by atoms with Crippen LogP contribution >= 0.6 is 0 Å². The van der Waals surface area contributed by atoms with Crippen molar-refractivity contribution in [1.82, 2.24) is 30.1 Å². The Hall–Kier alpha value is -3.75. The Morgan fingerprint density at radius 1 is 1.31 bits per heavy atom. The van der Waals surface area contributed by atoms with Crippen molar-refractivity contribution in [3.8, 4) is 11.5 Å². The quantitative estimate of drug-likeness (QED) is 0.504. The molecular formula is C20H18N6O3. The molecule has 0 unspecified atom stereocenters. The van der Waals surface area contributed by atoms with Gasteiger partial charge < -0.3 is 14.3 Å². The summed E-state index contributed by atoms with van der Waals surface area (Å²) in [5.41, 5.74) is 1.43. The van der Waals surface area contributed by atoms with Crippen molar-refractivity contribution in [2.24, 2.45) is 0 Å². The summed E-state index contributed by atoms with van der Waals surface area (Å²) in [6.07, 6.45) is 7.11. The normalized spacial score (nSPS) is 14.1. The van der Waals surface area contributed by atoms with E-state index < -0.39 is 0 Å². The number of hydrogen-bond donors (Lipinski definition) is 1. The fourth-order valence-corrected chi connectivity index (χ4v) is 2.98. The van der Waals surface area contributed by atoms with E-state index in [-0.39, 0.29) is 12.5 Å². The zero-order valence-electron chi connectivity index (χ0n) is 15.7. The largest absolute Gasteiger partial charge is 0.462 e. The first-order valence-corrected chi connectivity index (χ1v) is 9.36. The van der Waals surface area contributed by atoms with Crippen LogP contribution < -0.4 is 5.32 Å². The Morgan fingerprint density at radius 3 is 3.00 bits per heavy atom. The average molecular weight is 390 g/mol. The van der Waals surface area contributed by atoms with Gasteiger partial charge in [0.2, 0.25) is 5.91 Å². The lowest BCUT2D eigenvalue weighted by Crippen LogP contribution is -2.21. The molecule has 1 saturated carbocycles. The fraction of sp³-hybridized carbons (Fsp3) is 0.250. The summed E-state index contributed by atoms with van der Waals surface area (Å²) in [5.74, 6) is 3.48. The van der Waals surface area contributed by atoms with Crippen LogP contribution in [0, 0.1) is 6.92 Å². The molecule has 9 heteroatoms. The molecule has 0 spiro atoms. The summed E-state index contributed by atoms with van der Waals surface area (Å²) in [7, 11) is 0. The highest BCUT2D eigenvalue weighted by atomic mass is 16.5. The van der Waals surface area contributed by atoms with Gasteiger partial charge in [0.05, 0.1) is 6.54 Å². The summed E-state index contributed by atoms with van der Waals surface area (Å²) < 4.78 is 12.6. The number of nitrogens with one attached hydrogen (secondary N) is 1. The molecule has 4 heterocycles. The number of amides is 1. The zero-order chi connectivity index (χ0) is 19.8. The SMILES string of the molecule is Cc1ccc(C=CC(=O)NCc2nnc3cc(-c4nc(C5CC5)no4)ccn23)o1. The number of aromatic nitrogens is 5. The smallest absolute Gasteiger partial charge is 0.258 e. The van der Waals surface area contributed by atoms with Crippen LogP contribution in [0.1, 0.15) is 41.9 Å². The molecule has 0 aliphatic heterocycles. The van der Waals surface area contributed by atoms with Gasteiger partial charge in [-0.2, -0.15) is 4.98 Å². The van der Waals surface area contributed by atoms with E-state index in [1.54, 1.807) is 12.1 Å². The Balaban J connectivity index is 1.27. The van der Waals surface area contributed by atoms with Crippen LogP contribution in [0.5, 0.6) is 0 Å². The predicted octanol–water partition coefficient (Wildman–Crippen LogP) is 2.89. The topological polar surface area (TPSA) is 111 Å². The van der Waals surface area contributed by atoms with Crippen LogP contribution in [-0.2, 0) is 11.3 Å². The number of aryl methyl sites for hydroxylation is 1. The van der Waals surface area contributed by atoms with E-state index in [1.807, 2.05) is 35.7 Å². The van der Waals surface area contributed by atoms with Crippen molar-refractivity contribution >= 4 is 17.6 Å². The Morgan fingerprint density at radius 2 is 2.21 bits per heavy atom. The van der Waals surface area contributed by atoms with E-state index in [1.165, 1.54) is 6.08 Å². The van der Waals surface area contributed by atoms with E-state index in [0.717, 1.165) is 30.0 Å². The standard InChI is InChI=1S/C20H18N6O3/c1-12-2-5-15(28-12)6-7-18(27)21-11-17-24-23-16-10-14(8-9-26(16)17)20-22-19(25-29-20)13-3-4-13/h2,5-10,13H,3-4,11H2,1H3,(H,21,27). The highest BCUT2D eigenvalue weighted by molar-refractivity contribution is 5.91. The molecule has 0 atom stereocenters. The molecule has 0 bridgehead atoms. The maximum Gasteiger partial charge on any atom is 0.258 e. The first kappa shape index (κ1) is 17.4. The molecule has 1 fully saturated rings. The number of nitrogens with zero attached hydrogens (tertiary/aromatic N) is 5. The molecule has 1 N–H and O–H groups in total. The third-order valence-electron chi connectivity index (χ3n) is 4.69. The number of hydrogen-bond acceptors (Lipinski definition) is 7. The van der Waals surface area contributed by atoms with Crippen LogP contribution in [0.25, 0.3) is 23.2 Å². The van der Waals surface area contributed by atoms with Crippen LogP contribution in [-0.4, -0.2) is 30.6 Å². The fourth-order valence-electron chi connectivity index (χ4n) is 2.98. The van der Waals surface area contributed by atoms with Gasteiger partial charge in [-0.3, -0.25) is 9.20 Å². The van der Waals surface area contributed by atoms with Crippen LogP contribution in [0.4, 0.5) is 0 Å². The molecule has 1 amide bonds. The lowest BCUT2D eigenvalue weighted by atomic mass is 10.2. The minimum Gasteiger partial charge on any atom is -0.462 e. The number of fused-ring (bicyclic) bond motifs is 1. The van der Waals surface area contributed by atoms with Gasteiger partial charge >= 0.3 is 0 Å². The van der Waals surface area contributed by atoms with Crippen molar-refractivity contribution in [2.75, 3.05) is 0 Å². The highest BCUT2D eigenvalue weighted by Crippen LogP contribution is 2.38. The maximum atomic E-state index is 12.0. The Bertz CT molecular complexity index is 1210. The van der Waals surface area contributed by atoms with E-state index in [2.05, 4.69) is 25.7 Å². The lowest BCUT2D eigenvalue weighted by Gasteiger charge is -2.02. The lowest BCUT2D eigenvalue weighted by molar-refractivity contribution is -0.116. The van der Waals surface area contributed by atoms with Gasteiger partial charge in [0, 0.05) is 23.8 Å². The molecule has 5 rings (SSSR count). The maximum absolute atomic E-state index is 12.0. The van der Waals surface area contributed by atoms with E-state index in [4.69, 9.17) is 8.94 Å². The highest BCUT2D eigenvalue weighted by Gasteiger charge is 2.29.